The third-order valence-electron chi connectivity index (χ3n) is 3.22. The molecule has 0 aromatic heterocycles. The first-order valence-corrected chi connectivity index (χ1v) is 7.14. The van der Waals surface area contributed by atoms with Gasteiger partial charge in [0, 0.05) is 22.0 Å². The highest BCUT2D eigenvalue weighted by Gasteiger charge is 2.16. The van der Waals surface area contributed by atoms with Gasteiger partial charge in [0.1, 0.15) is 11.5 Å². The first kappa shape index (κ1) is 16.0. The first-order valence-electron chi connectivity index (χ1n) is 6.39. The Kier molecular flexibility index (Phi) is 5.34. The lowest BCUT2D eigenvalue weighted by atomic mass is 10.00. The van der Waals surface area contributed by atoms with Crippen LogP contribution in [0.1, 0.15) is 17.2 Å². The molecule has 1 atom stereocenters. The maximum atomic E-state index is 10.5. The van der Waals surface area contributed by atoms with Crippen LogP contribution < -0.4 is 9.47 Å². The number of hydrogen-bond donors (Lipinski definition) is 1. The van der Waals surface area contributed by atoms with Crippen LogP contribution in [0.15, 0.2) is 36.4 Å². The van der Waals surface area contributed by atoms with Crippen molar-refractivity contribution in [3.05, 3.63) is 57.6 Å². The summed E-state index contributed by atoms with van der Waals surface area (Å²) in [5.74, 6) is 1.25. The molecule has 2 rings (SSSR count). The SMILES string of the molecule is COc1ccc(OC)c(C(O)Cc2cc(Cl)ccc2Cl)c1. The number of halogens is 2. The summed E-state index contributed by atoms with van der Waals surface area (Å²) in [6.45, 7) is 0. The number of ether oxygens (including phenoxy) is 2. The zero-order valence-corrected chi connectivity index (χ0v) is 13.3. The summed E-state index contributed by atoms with van der Waals surface area (Å²) in [6, 6.07) is 10.5. The Bertz CT molecular complexity index is 629. The standard InChI is InChI=1S/C16H16Cl2O3/c1-20-12-4-6-16(21-2)13(9-12)15(19)8-10-7-11(17)3-5-14(10)18/h3-7,9,15,19H,8H2,1-2H3. The highest BCUT2D eigenvalue weighted by molar-refractivity contribution is 6.33. The average Bonchev–Trinajstić information content (AvgIpc) is 2.50. The van der Waals surface area contributed by atoms with E-state index in [0.29, 0.717) is 33.5 Å². The molecule has 21 heavy (non-hydrogen) atoms. The van der Waals surface area contributed by atoms with Gasteiger partial charge in [-0.3, -0.25) is 0 Å². The van der Waals surface area contributed by atoms with Crippen molar-refractivity contribution < 1.29 is 14.6 Å². The summed E-state index contributed by atoms with van der Waals surface area (Å²) in [4.78, 5) is 0. The molecule has 0 aliphatic carbocycles. The van der Waals surface area contributed by atoms with E-state index >= 15 is 0 Å². The Balaban J connectivity index is 2.31. The van der Waals surface area contributed by atoms with Crippen molar-refractivity contribution in [1.82, 2.24) is 0 Å². The van der Waals surface area contributed by atoms with Gasteiger partial charge >= 0.3 is 0 Å². The lowest BCUT2D eigenvalue weighted by molar-refractivity contribution is 0.173. The van der Waals surface area contributed by atoms with Gasteiger partial charge in [0.15, 0.2) is 0 Å². The summed E-state index contributed by atoms with van der Waals surface area (Å²) < 4.78 is 10.5. The van der Waals surface area contributed by atoms with Crippen molar-refractivity contribution in [3.8, 4) is 11.5 Å². The van der Waals surface area contributed by atoms with E-state index in [1.807, 2.05) is 0 Å². The molecule has 2 aromatic carbocycles. The summed E-state index contributed by atoms with van der Waals surface area (Å²) in [7, 11) is 3.14. The second-order valence-corrected chi connectivity index (χ2v) is 5.41. The fourth-order valence-electron chi connectivity index (χ4n) is 2.12. The van der Waals surface area contributed by atoms with E-state index in [9.17, 15) is 5.11 Å². The number of aliphatic hydroxyl groups excluding tert-OH is 1. The minimum atomic E-state index is -0.772. The van der Waals surface area contributed by atoms with E-state index in [2.05, 4.69) is 0 Å². The highest BCUT2D eigenvalue weighted by atomic mass is 35.5. The Morgan fingerprint density at radius 2 is 1.81 bits per heavy atom. The van der Waals surface area contributed by atoms with E-state index in [0.717, 1.165) is 5.56 Å². The Morgan fingerprint density at radius 1 is 1.05 bits per heavy atom. The molecule has 112 valence electrons. The van der Waals surface area contributed by atoms with Crippen LogP contribution in [0.3, 0.4) is 0 Å². The minimum absolute atomic E-state index is 0.336. The van der Waals surface area contributed by atoms with Crippen molar-refractivity contribution in [1.29, 1.82) is 0 Å². The topological polar surface area (TPSA) is 38.7 Å². The van der Waals surface area contributed by atoms with Crippen LogP contribution in [-0.2, 0) is 6.42 Å². The van der Waals surface area contributed by atoms with Gasteiger partial charge < -0.3 is 14.6 Å². The van der Waals surface area contributed by atoms with E-state index in [-0.39, 0.29) is 0 Å². The Morgan fingerprint density at radius 3 is 2.48 bits per heavy atom. The molecule has 2 aromatic rings. The quantitative estimate of drug-likeness (QED) is 0.890. The Hall–Kier alpha value is -1.42. The second kappa shape index (κ2) is 7.03. The summed E-state index contributed by atoms with van der Waals surface area (Å²) >= 11 is 12.1. The molecular weight excluding hydrogens is 311 g/mol. The van der Waals surface area contributed by atoms with Crippen molar-refractivity contribution >= 4 is 23.2 Å². The zero-order valence-electron chi connectivity index (χ0n) is 11.8. The Labute approximate surface area is 134 Å². The molecule has 0 fully saturated rings. The summed E-state index contributed by atoms with van der Waals surface area (Å²) in [6.07, 6.45) is -0.436. The number of benzene rings is 2. The van der Waals surface area contributed by atoms with Crippen LogP contribution in [0.25, 0.3) is 0 Å². The fraction of sp³-hybridized carbons (Fsp3) is 0.250. The van der Waals surface area contributed by atoms with E-state index in [1.165, 1.54) is 0 Å². The van der Waals surface area contributed by atoms with Crippen LogP contribution in [0.4, 0.5) is 0 Å². The van der Waals surface area contributed by atoms with E-state index < -0.39 is 6.10 Å². The average molecular weight is 327 g/mol. The molecule has 0 radical (unpaired) electrons. The molecule has 0 bridgehead atoms. The predicted molar refractivity (Wildman–Crippen MR) is 84.7 cm³/mol. The molecule has 0 saturated heterocycles. The lowest BCUT2D eigenvalue weighted by Gasteiger charge is -2.16. The molecule has 0 heterocycles. The smallest absolute Gasteiger partial charge is 0.124 e. The molecular formula is C16H16Cl2O3. The van der Waals surface area contributed by atoms with Crippen LogP contribution in [-0.4, -0.2) is 19.3 Å². The third-order valence-corrected chi connectivity index (χ3v) is 3.82. The predicted octanol–water partition coefficient (Wildman–Crippen LogP) is 4.29. The monoisotopic (exact) mass is 326 g/mol. The summed E-state index contributed by atoms with van der Waals surface area (Å²) in [5.41, 5.74) is 1.43. The van der Waals surface area contributed by atoms with Crippen molar-refractivity contribution in [2.24, 2.45) is 0 Å². The van der Waals surface area contributed by atoms with Gasteiger partial charge in [-0.05, 0) is 42.0 Å². The minimum Gasteiger partial charge on any atom is -0.497 e. The van der Waals surface area contributed by atoms with E-state index in [4.69, 9.17) is 32.7 Å². The molecule has 0 spiro atoms. The van der Waals surface area contributed by atoms with Gasteiger partial charge in [-0.1, -0.05) is 23.2 Å². The molecule has 0 amide bonds. The van der Waals surface area contributed by atoms with Gasteiger partial charge in [-0.2, -0.15) is 0 Å². The first-order chi connectivity index (χ1) is 10.0. The van der Waals surface area contributed by atoms with Gasteiger partial charge in [-0.25, -0.2) is 0 Å². The van der Waals surface area contributed by atoms with Crippen molar-refractivity contribution in [3.63, 3.8) is 0 Å². The molecule has 3 nitrogen and oxygen atoms in total. The number of methoxy groups -OCH3 is 2. The normalized spacial score (nSPS) is 12.0. The van der Waals surface area contributed by atoms with Gasteiger partial charge in [0.05, 0.1) is 20.3 Å². The third kappa shape index (κ3) is 3.82. The maximum absolute atomic E-state index is 10.5. The van der Waals surface area contributed by atoms with Gasteiger partial charge in [-0.15, -0.1) is 0 Å². The molecule has 0 aliphatic rings. The van der Waals surface area contributed by atoms with Gasteiger partial charge in [0.2, 0.25) is 0 Å². The molecule has 0 aliphatic heterocycles. The summed E-state index contributed by atoms with van der Waals surface area (Å²) in [5, 5.41) is 11.6. The maximum Gasteiger partial charge on any atom is 0.124 e. The van der Waals surface area contributed by atoms with Crippen molar-refractivity contribution in [2.45, 2.75) is 12.5 Å². The molecule has 1 unspecified atom stereocenters. The van der Waals surface area contributed by atoms with Crippen LogP contribution in [0.2, 0.25) is 10.0 Å². The second-order valence-electron chi connectivity index (χ2n) is 4.56. The fourth-order valence-corrected chi connectivity index (χ4v) is 2.51. The van der Waals surface area contributed by atoms with Gasteiger partial charge in [0.25, 0.3) is 0 Å². The lowest BCUT2D eigenvalue weighted by Crippen LogP contribution is -2.05. The van der Waals surface area contributed by atoms with E-state index in [1.54, 1.807) is 50.6 Å². The molecule has 5 heteroatoms. The van der Waals surface area contributed by atoms with Crippen LogP contribution >= 0.6 is 23.2 Å². The molecule has 0 saturated carbocycles. The zero-order chi connectivity index (χ0) is 15.4. The largest absolute Gasteiger partial charge is 0.497 e. The number of hydrogen-bond acceptors (Lipinski definition) is 3. The number of rotatable bonds is 5. The van der Waals surface area contributed by atoms with Crippen molar-refractivity contribution in [2.75, 3.05) is 14.2 Å². The van der Waals surface area contributed by atoms with Crippen LogP contribution in [0.5, 0.6) is 11.5 Å². The van der Waals surface area contributed by atoms with Crippen LogP contribution in [0, 0.1) is 0 Å². The molecule has 1 N–H and O–H groups in total. The highest BCUT2D eigenvalue weighted by Crippen LogP contribution is 2.33. The number of aliphatic hydroxyl groups is 1.